The number of H-pyrrole nitrogens is 1. The van der Waals surface area contributed by atoms with Crippen LogP contribution >= 0.6 is 0 Å². The van der Waals surface area contributed by atoms with E-state index >= 15 is 0 Å². The van der Waals surface area contributed by atoms with Crippen LogP contribution in [0.1, 0.15) is 50.3 Å². The lowest BCUT2D eigenvalue weighted by Gasteiger charge is -2.19. The number of nitriles is 1. The summed E-state index contributed by atoms with van der Waals surface area (Å²) in [5.41, 5.74) is 12.6. The number of hydrogen-bond donors (Lipinski definition) is 2. The van der Waals surface area contributed by atoms with Gasteiger partial charge in [0, 0.05) is 16.6 Å². The van der Waals surface area contributed by atoms with Gasteiger partial charge in [-0.25, -0.2) is 0 Å². The van der Waals surface area contributed by atoms with Gasteiger partial charge in [-0.2, -0.15) is 5.26 Å². The number of unbranched alkanes of at least 4 members (excludes halogenated alkanes) is 1. The maximum atomic E-state index is 9.26. The lowest BCUT2D eigenvalue weighted by atomic mass is 9.86. The summed E-state index contributed by atoms with van der Waals surface area (Å²) in [4.78, 5) is 3.58. The second kappa shape index (κ2) is 7.35. The Morgan fingerprint density at radius 3 is 2.38 bits per heavy atom. The van der Waals surface area contributed by atoms with Crippen LogP contribution in [0.15, 0.2) is 42.5 Å². The van der Waals surface area contributed by atoms with Gasteiger partial charge >= 0.3 is 0 Å². The minimum absolute atomic E-state index is 0.143. The van der Waals surface area contributed by atoms with Gasteiger partial charge in [0.2, 0.25) is 0 Å². The number of benzene rings is 2. The van der Waals surface area contributed by atoms with E-state index in [-0.39, 0.29) is 5.41 Å². The quantitative estimate of drug-likeness (QED) is 0.617. The van der Waals surface area contributed by atoms with E-state index in [9.17, 15) is 5.26 Å². The van der Waals surface area contributed by atoms with Crippen LogP contribution in [-0.2, 0) is 11.8 Å². The van der Waals surface area contributed by atoms with Gasteiger partial charge in [0.05, 0.1) is 11.6 Å². The molecule has 0 radical (unpaired) electrons. The minimum atomic E-state index is 0.143. The maximum Gasteiger partial charge on any atom is 0.0991 e. The highest BCUT2D eigenvalue weighted by Gasteiger charge is 2.16. The highest BCUT2D eigenvalue weighted by Crippen LogP contribution is 2.33. The standard InChI is InChI=1S/C23H27N3/c1-23(2,3)18-10-8-17(9-11-18)22-19(6-4-5-13-24)20-14-16(15-25)7-12-21(20)26-22/h7-12,14,26H,4-6,13,24H2,1-3H3. The van der Waals surface area contributed by atoms with Gasteiger partial charge < -0.3 is 10.7 Å². The van der Waals surface area contributed by atoms with Gasteiger partial charge in [-0.1, -0.05) is 45.0 Å². The van der Waals surface area contributed by atoms with Gasteiger partial charge in [0.15, 0.2) is 0 Å². The van der Waals surface area contributed by atoms with Gasteiger partial charge in [0.25, 0.3) is 0 Å². The molecule has 3 N–H and O–H groups in total. The molecule has 3 nitrogen and oxygen atoms in total. The molecule has 134 valence electrons. The molecule has 1 aromatic heterocycles. The molecule has 26 heavy (non-hydrogen) atoms. The number of hydrogen-bond acceptors (Lipinski definition) is 2. The molecular weight excluding hydrogens is 318 g/mol. The Morgan fingerprint density at radius 2 is 1.77 bits per heavy atom. The molecule has 3 rings (SSSR count). The summed E-state index contributed by atoms with van der Waals surface area (Å²) in [6.07, 6.45) is 3.02. The first-order valence-electron chi connectivity index (χ1n) is 9.29. The fourth-order valence-corrected chi connectivity index (χ4v) is 3.41. The van der Waals surface area contributed by atoms with E-state index in [0.717, 1.165) is 35.9 Å². The van der Waals surface area contributed by atoms with Crippen molar-refractivity contribution >= 4 is 10.9 Å². The Morgan fingerprint density at radius 1 is 1.04 bits per heavy atom. The Balaban J connectivity index is 2.09. The molecular formula is C23H27N3. The predicted molar refractivity (Wildman–Crippen MR) is 109 cm³/mol. The summed E-state index contributed by atoms with van der Waals surface area (Å²) >= 11 is 0. The van der Waals surface area contributed by atoms with Gasteiger partial charge in [-0.05, 0) is 66.1 Å². The Kier molecular flexibility index (Phi) is 5.15. The van der Waals surface area contributed by atoms with Crippen LogP contribution in [0, 0.1) is 11.3 Å². The van der Waals surface area contributed by atoms with Crippen LogP contribution in [0.5, 0.6) is 0 Å². The van der Waals surface area contributed by atoms with E-state index in [1.807, 2.05) is 18.2 Å². The first-order valence-corrected chi connectivity index (χ1v) is 9.29. The SMILES string of the molecule is CC(C)(C)c1ccc(-c2[nH]c3ccc(C#N)cc3c2CCCCN)cc1. The van der Waals surface area contributed by atoms with E-state index in [2.05, 4.69) is 56.1 Å². The number of aromatic amines is 1. The molecule has 2 aromatic carbocycles. The lowest BCUT2D eigenvalue weighted by molar-refractivity contribution is 0.590. The minimum Gasteiger partial charge on any atom is -0.354 e. The van der Waals surface area contributed by atoms with Crippen LogP contribution in [0.3, 0.4) is 0 Å². The van der Waals surface area contributed by atoms with Gasteiger partial charge in [0.1, 0.15) is 0 Å². The summed E-state index contributed by atoms with van der Waals surface area (Å²) in [6.45, 7) is 7.40. The van der Waals surface area contributed by atoms with Crippen molar-refractivity contribution in [1.29, 1.82) is 5.26 Å². The monoisotopic (exact) mass is 345 g/mol. The molecule has 0 unspecified atom stereocenters. The zero-order valence-electron chi connectivity index (χ0n) is 15.9. The molecule has 0 aliphatic heterocycles. The second-order valence-corrected chi connectivity index (χ2v) is 7.92. The average molecular weight is 345 g/mol. The van der Waals surface area contributed by atoms with Crippen molar-refractivity contribution in [2.75, 3.05) is 6.54 Å². The highest BCUT2D eigenvalue weighted by molar-refractivity contribution is 5.91. The number of nitrogens with two attached hydrogens (primary N) is 1. The van der Waals surface area contributed by atoms with Crippen LogP contribution in [0.25, 0.3) is 22.2 Å². The molecule has 3 heteroatoms. The number of nitrogens with one attached hydrogen (secondary N) is 1. The zero-order valence-corrected chi connectivity index (χ0v) is 15.9. The number of fused-ring (bicyclic) bond motifs is 1. The van der Waals surface area contributed by atoms with E-state index in [1.165, 1.54) is 16.7 Å². The molecule has 0 spiro atoms. The summed E-state index contributed by atoms with van der Waals surface area (Å²) < 4.78 is 0. The fraction of sp³-hybridized carbons (Fsp3) is 0.348. The van der Waals surface area contributed by atoms with Crippen molar-refractivity contribution in [3.8, 4) is 17.3 Å². The predicted octanol–water partition coefficient (Wildman–Crippen LogP) is 5.29. The van der Waals surface area contributed by atoms with Crippen molar-refractivity contribution in [2.45, 2.75) is 45.4 Å². The molecule has 0 saturated heterocycles. The Bertz CT molecular complexity index is 934. The third kappa shape index (κ3) is 3.66. The molecule has 3 aromatic rings. The molecule has 0 aliphatic rings. The number of aromatic nitrogens is 1. The summed E-state index contributed by atoms with van der Waals surface area (Å²) in [6, 6.07) is 16.9. The molecule has 0 atom stereocenters. The summed E-state index contributed by atoms with van der Waals surface area (Å²) in [5, 5.41) is 10.4. The topological polar surface area (TPSA) is 65.6 Å². The fourth-order valence-electron chi connectivity index (χ4n) is 3.41. The van der Waals surface area contributed by atoms with E-state index in [1.54, 1.807) is 0 Å². The summed E-state index contributed by atoms with van der Waals surface area (Å²) in [7, 11) is 0. The molecule has 0 aliphatic carbocycles. The highest BCUT2D eigenvalue weighted by atomic mass is 14.7. The number of aryl methyl sites for hydroxylation is 1. The normalized spacial score (nSPS) is 11.7. The van der Waals surface area contributed by atoms with Gasteiger partial charge in [-0.15, -0.1) is 0 Å². The lowest BCUT2D eigenvalue weighted by Crippen LogP contribution is -2.10. The second-order valence-electron chi connectivity index (χ2n) is 7.92. The Hall–Kier alpha value is -2.57. The number of nitrogens with zero attached hydrogens (tertiary/aromatic N) is 1. The third-order valence-electron chi connectivity index (χ3n) is 4.96. The summed E-state index contributed by atoms with van der Waals surface area (Å²) in [5.74, 6) is 0. The molecule has 0 saturated carbocycles. The largest absolute Gasteiger partial charge is 0.354 e. The maximum absolute atomic E-state index is 9.26. The Labute approximate surface area is 155 Å². The zero-order chi connectivity index (χ0) is 18.7. The van der Waals surface area contributed by atoms with E-state index in [4.69, 9.17) is 5.73 Å². The first kappa shape index (κ1) is 18.2. The first-order chi connectivity index (χ1) is 12.4. The van der Waals surface area contributed by atoms with Crippen molar-refractivity contribution in [2.24, 2.45) is 5.73 Å². The van der Waals surface area contributed by atoms with E-state index in [0.29, 0.717) is 12.1 Å². The molecule has 0 amide bonds. The third-order valence-corrected chi connectivity index (χ3v) is 4.96. The van der Waals surface area contributed by atoms with E-state index < -0.39 is 0 Å². The van der Waals surface area contributed by atoms with Crippen LogP contribution < -0.4 is 5.73 Å². The van der Waals surface area contributed by atoms with Crippen LogP contribution in [0.2, 0.25) is 0 Å². The molecule has 0 fully saturated rings. The number of rotatable bonds is 5. The van der Waals surface area contributed by atoms with Crippen LogP contribution in [-0.4, -0.2) is 11.5 Å². The average Bonchev–Trinajstić information content (AvgIpc) is 2.99. The van der Waals surface area contributed by atoms with Crippen LogP contribution in [0.4, 0.5) is 0 Å². The molecule has 0 bridgehead atoms. The molecule has 1 heterocycles. The van der Waals surface area contributed by atoms with Gasteiger partial charge in [-0.3, -0.25) is 0 Å². The van der Waals surface area contributed by atoms with Crippen molar-refractivity contribution in [3.05, 3.63) is 59.2 Å². The smallest absolute Gasteiger partial charge is 0.0991 e. The van der Waals surface area contributed by atoms with Crippen molar-refractivity contribution in [3.63, 3.8) is 0 Å². The van der Waals surface area contributed by atoms with Crippen molar-refractivity contribution in [1.82, 2.24) is 4.98 Å². The van der Waals surface area contributed by atoms with Crippen molar-refractivity contribution < 1.29 is 0 Å².